The van der Waals surface area contributed by atoms with Gasteiger partial charge < -0.3 is 20.3 Å². The van der Waals surface area contributed by atoms with Crippen molar-refractivity contribution < 1.29 is 5.11 Å². The summed E-state index contributed by atoms with van der Waals surface area (Å²) in [6, 6.07) is 15.0. The van der Waals surface area contributed by atoms with Crippen molar-refractivity contribution in [3.63, 3.8) is 0 Å². The molecule has 1 aliphatic heterocycles. The molecule has 3 heterocycles. The van der Waals surface area contributed by atoms with Crippen LogP contribution < -0.4 is 10.2 Å². The number of fused-ring (bicyclic) bond motifs is 1. The van der Waals surface area contributed by atoms with Crippen molar-refractivity contribution in [1.82, 2.24) is 19.9 Å². The van der Waals surface area contributed by atoms with Crippen LogP contribution in [0.3, 0.4) is 0 Å². The summed E-state index contributed by atoms with van der Waals surface area (Å²) in [6.45, 7) is 3.52. The van der Waals surface area contributed by atoms with E-state index in [-0.39, 0.29) is 12.3 Å². The topological polar surface area (TPSA) is 80.3 Å². The second-order valence-corrected chi connectivity index (χ2v) is 11.2. The summed E-state index contributed by atoms with van der Waals surface area (Å²) >= 11 is 6.58. The summed E-state index contributed by atoms with van der Waals surface area (Å²) in [5.74, 6) is 1.14. The van der Waals surface area contributed by atoms with Crippen LogP contribution in [0.5, 0.6) is 0 Å². The first-order valence-corrected chi connectivity index (χ1v) is 14.0. The van der Waals surface area contributed by atoms with Crippen LogP contribution in [0.2, 0.25) is 5.02 Å². The molecule has 2 fully saturated rings. The molecule has 0 spiro atoms. The summed E-state index contributed by atoms with van der Waals surface area (Å²) in [5, 5.41) is 15.1. The fraction of sp³-hybridized carbons (Fsp3) is 0.400. The second kappa shape index (κ2) is 10.6. The largest absolute Gasteiger partial charge is 0.392 e. The molecule has 1 aliphatic carbocycles. The van der Waals surface area contributed by atoms with Crippen molar-refractivity contribution in [2.45, 2.75) is 57.2 Å². The molecule has 8 heteroatoms. The standard InChI is InChI=1S/C30H35ClN6O/c1-19(38)18-36(2)28-9-5-6-12-37(28)23-14-21(20-10-11-20)13-22(15-23)34-30-33-17-26(31)29(35-30)25-16-32-27-8-4-3-7-24(25)27/h3-4,7-8,13-17,19-20,28,32,38H,5-6,9-12,18H2,1-2H3,(H,33,34,35)/t19-,28?/m0/s1. The Hall–Kier alpha value is -3.13. The number of aromatic nitrogens is 3. The Balaban J connectivity index is 1.33. The third kappa shape index (κ3) is 5.23. The minimum absolute atomic E-state index is 0.265. The van der Waals surface area contributed by atoms with Gasteiger partial charge in [-0.25, -0.2) is 9.97 Å². The van der Waals surface area contributed by atoms with E-state index in [9.17, 15) is 5.11 Å². The first-order chi connectivity index (χ1) is 18.5. The quantitative estimate of drug-likeness (QED) is 0.240. The number of rotatable bonds is 8. The number of piperidine rings is 1. The number of anilines is 3. The number of H-pyrrole nitrogens is 1. The van der Waals surface area contributed by atoms with Crippen LogP contribution in [-0.4, -0.2) is 57.4 Å². The van der Waals surface area contributed by atoms with Gasteiger partial charge in [0, 0.05) is 47.1 Å². The van der Waals surface area contributed by atoms with Gasteiger partial charge in [-0.1, -0.05) is 29.8 Å². The van der Waals surface area contributed by atoms with Crippen LogP contribution in [0, 0.1) is 0 Å². The minimum atomic E-state index is -0.354. The Morgan fingerprint density at radius 1 is 1.18 bits per heavy atom. The Bertz CT molecular complexity index is 1430. The van der Waals surface area contributed by atoms with Crippen LogP contribution in [0.4, 0.5) is 17.3 Å². The second-order valence-electron chi connectivity index (χ2n) is 10.8. The summed E-state index contributed by atoms with van der Waals surface area (Å²) in [6.07, 6.45) is 9.46. The average Bonchev–Trinajstić information content (AvgIpc) is 3.69. The van der Waals surface area contributed by atoms with E-state index in [1.165, 1.54) is 36.9 Å². The highest BCUT2D eigenvalue weighted by atomic mass is 35.5. The molecule has 2 aromatic heterocycles. The number of halogens is 1. The molecular formula is C30H35ClN6O. The lowest BCUT2D eigenvalue weighted by molar-refractivity contribution is 0.106. The lowest BCUT2D eigenvalue weighted by Crippen LogP contribution is -2.51. The SMILES string of the molecule is C[C@H](O)CN(C)C1CCCCN1c1cc(Nc2ncc(Cl)c(-c3c[nH]c4ccccc34)n2)cc(C2CC2)c1. The fourth-order valence-electron chi connectivity index (χ4n) is 5.75. The maximum absolute atomic E-state index is 10.0. The molecule has 1 saturated heterocycles. The van der Waals surface area contributed by atoms with Crippen LogP contribution in [0.25, 0.3) is 22.2 Å². The molecule has 38 heavy (non-hydrogen) atoms. The van der Waals surface area contributed by atoms with Gasteiger partial charge in [0.2, 0.25) is 5.95 Å². The molecule has 2 atom stereocenters. The van der Waals surface area contributed by atoms with Crippen LogP contribution >= 0.6 is 11.6 Å². The van der Waals surface area contributed by atoms with Gasteiger partial charge in [0.1, 0.15) is 0 Å². The number of nitrogens with one attached hydrogen (secondary N) is 2. The van der Waals surface area contributed by atoms with Crippen molar-refractivity contribution in [3.05, 3.63) is 65.4 Å². The van der Waals surface area contributed by atoms with E-state index in [2.05, 4.69) is 56.4 Å². The smallest absolute Gasteiger partial charge is 0.227 e. The predicted octanol–water partition coefficient (Wildman–Crippen LogP) is 6.53. The van der Waals surface area contributed by atoms with Crippen molar-refractivity contribution in [3.8, 4) is 11.3 Å². The van der Waals surface area contributed by atoms with E-state index in [0.717, 1.165) is 35.1 Å². The molecule has 198 valence electrons. The van der Waals surface area contributed by atoms with E-state index < -0.39 is 0 Å². The van der Waals surface area contributed by atoms with Gasteiger partial charge in [-0.05, 0) is 81.8 Å². The van der Waals surface area contributed by atoms with Crippen molar-refractivity contribution >= 4 is 39.8 Å². The van der Waals surface area contributed by atoms with Gasteiger partial charge in [-0.2, -0.15) is 0 Å². The summed E-state index contributed by atoms with van der Waals surface area (Å²) < 4.78 is 0. The number of aliphatic hydroxyl groups is 1. The zero-order valence-electron chi connectivity index (χ0n) is 22.0. The Labute approximate surface area is 228 Å². The van der Waals surface area contributed by atoms with Gasteiger partial charge in [-0.3, -0.25) is 4.90 Å². The van der Waals surface area contributed by atoms with Gasteiger partial charge in [0.05, 0.1) is 29.2 Å². The molecule has 0 bridgehead atoms. The molecule has 4 aromatic rings. The van der Waals surface area contributed by atoms with Crippen LogP contribution in [-0.2, 0) is 0 Å². The average molecular weight is 531 g/mol. The molecule has 6 rings (SSSR count). The summed E-state index contributed by atoms with van der Waals surface area (Å²) in [5.41, 5.74) is 6.27. The number of hydrogen-bond donors (Lipinski definition) is 3. The number of aliphatic hydroxyl groups excluding tert-OH is 1. The van der Waals surface area contributed by atoms with E-state index in [1.54, 1.807) is 6.20 Å². The zero-order valence-corrected chi connectivity index (χ0v) is 22.7. The molecule has 0 radical (unpaired) electrons. The third-order valence-electron chi connectivity index (χ3n) is 7.70. The summed E-state index contributed by atoms with van der Waals surface area (Å²) in [7, 11) is 2.12. The maximum Gasteiger partial charge on any atom is 0.227 e. The number of benzene rings is 2. The van der Waals surface area contributed by atoms with E-state index in [1.807, 2.05) is 31.3 Å². The summed E-state index contributed by atoms with van der Waals surface area (Å²) in [4.78, 5) is 17.5. The number of likely N-dealkylation sites (N-methyl/N-ethyl adjacent to an activating group) is 1. The van der Waals surface area contributed by atoms with E-state index in [4.69, 9.17) is 16.6 Å². The molecular weight excluding hydrogens is 496 g/mol. The number of nitrogens with zero attached hydrogens (tertiary/aromatic N) is 4. The fourth-order valence-corrected chi connectivity index (χ4v) is 5.94. The molecule has 0 amide bonds. The number of aromatic amines is 1. The molecule has 2 aromatic carbocycles. The third-order valence-corrected chi connectivity index (χ3v) is 7.97. The zero-order chi connectivity index (χ0) is 26.2. The molecule has 3 N–H and O–H groups in total. The Morgan fingerprint density at radius 3 is 2.84 bits per heavy atom. The lowest BCUT2D eigenvalue weighted by Gasteiger charge is -2.43. The van der Waals surface area contributed by atoms with Gasteiger partial charge in [-0.15, -0.1) is 0 Å². The first kappa shape index (κ1) is 25.2. The van der Waals surface area contributed by atoms with Gasteiger partial charge >= 0.3 is 0 Å². The van der Waals surface area contributed by atoms with E-state index in [0.29, 0.717) is 29.1 Å². The van der Waals surface area contributed by atoms with Crippen LogP contribution in [0.15, 0.2) is 54.9 Å². The normalized spacial score (nSPS) is 18.8. The van der Waals surface area contributed by atoms with Crippen molar-refractivity contribution in [1.29, 1.82) is 0 Å². The molecule has 2 aliphatic rings. The maximum atomic E-state index is 10.0. The highest BCUT2D eigenvalue weighted by Gasteiger charge is 2.29. The molecule has 1 saturated carbocycles. The van der Waals surface area contributed by atoms with Crippen molar-refractivity contribution in [2.75, 3.05) is 30.4 Å². The van der Waals surface area contributed by atoms with Gasteiger partial charge in [0.25, 0.3) is 0 Å². The van der Waals surface area contributed by atoms with Gasteiger partial charge in [0.15, 0.2) is 0 Å². The lowest BCUT2D eigenvalue weighted by atomic mass is 10.0. The Kier molecular flexibility index (Phi) is 6.99. The van der Waals surface area contributed by atoms with E-state index >= 15 is 0 Å². The molecule has 1 unspecified atom stereocenters. The minimum Gasteiger partial charge on any atom is -0.392 e. The molecule has 7 nitrogen and oxygen atoms in total. The predicted molar refractivity (Wildman–Crippen MR) is 155 cm³/mol. The number of hydrogen-bond acceptors (Lipinski definition) is 6. The highest BCUT2D eigenvalue weighted by Crippen LogP contribution is 2.43. The van der Waals surface area contributed by atoms with Crippen LogP contribution in [0.1, 0.15) is 50.5 Å². The first-order valence-electron chi connectivity index (χ1n) is 13.6. The monoisotopic (exact) mass is 530 g/mol. The highest BCUT2D eigenvalue weighted by molar-refractivity contribution is 6.33. The van der Waals surface area contributed by atoms with Crippen molar-refractivity contribution in [2.24, 2.45) is 0 Å². The number of para-hydroxylation sites is 1. The Morgan fingerprint density at radius 2 is 2.03 bits per heavy atom.